The molecule has 1 amide bonds. The lowest BCUT2D eigenvalue weighted by atomic mass is 10.2. The Kier molecular flexibility index (Phi) is 5.34. The summed E-state index contributed by atoms with van der Waals surface area (Å²) in [5.41, 5.74) is 3.22. The van der Waals surface area contributed by atoms with Crippen molar-refractivity contribution in [1.29, 1.82) is 0 Å². The summed E-state index contributed by atoms with van der Waals surface area (Å²) in [6.45, 7) is 5.33. The molecule has 7 nitrogen and oxygen atoms in total. The van der Waals surface area contributed by atoms with Gasteiger partial charge in [0, 0.05) is 37.1 Å². The second-order valence-corrected chi connectivity index (χ2v) is 6.69. The first-order chi connectivity index (χ1) is 13.7. The number of nitrogens with zero attached hydrogens (tertiary/aromatic N) is 4. The van der Waals surface area contributed by atoms with Crippen molar-refractivity contribution in [3.63, 3.8) is 0 Å². The minimum atomic E-state index is -0.199. The summed E-state index contributed by atoms with van der Waals surface area (Å²) in [7, 11) is 0. The number of ether oxygens (including phenoxy) is 1. The number of hydrogen-bond acceptors (Lipinski definition) is 5. The Hall–Kier alpha value is -3.19. The highest BCUT2D eigenvalue weighted by atomic mass is 16.5. The maximum absolute atomic E-state index is 12.7. The average molecular weight is 377 g/mol. The molecule has 144 valence electrons. The van der Waals surface area contributed by atoms with Crippen molar-refractivity contribution in [1.82, 2.24) is 20.1 Å². The number of pyridine rings is 1. The third-order valence-electron chi connectivity index (χ3n) is 4.74. The molecule has 1 aliphatic heterocycles. The number of benzene rings is 1. The van der Waals surface area contributed by atoms with E-state index in [2.05, 4.69) is 20.3 Å². The molecule has 1 aromatic carbocycles. The van der Waals surface area contributed by atoms with Crippen molar-refractivity contribution in [2.45, 2.75) is 13.5 Å². The van der Waals surface area contributed by atoms with Crippen LogP contribution in [0.1, 0.15) is 21.7 Å². The molecular weight excluding hydrogens is 354 g/mol. The maximum atomic E-state index is 12.7. The van der Waals surface area contributed by atoms with Gasteiger partial charge in [-0.1, -0.05) is 24.3 Å². The van der Waals surface area contributed by atoms with E-state index in [4.69, 9.17) is 4.74 Å². The summed E-state index contributed by atoms with van der Waals surface area (Å²) < 4.78 is 7.19. The van der Waals surface area contributed by atoms with Gasteiger partial charge in [0.2, 0.25) is 0 Å². The topological polar surface area (TPSA) is 72.3 Å². The van der Waals surface area contributed by atoms with E-state index in [1.54, 1.807) is 16.9 Å². The van der Waals surface area contributed by atoms with Gasteiger partial charge in [0.25, 0.3) is 5.91 Å². The Balaban J connectivity index is 1.47. The van der Waals surface area contributed by atoms with Crippen molar-refractivity contribution in [2.24, 2.45) is 0 Å². The number of aromatic nitrogens is 3. The minimum absolute atomic E-state index is 0.199. The van der Waals surface area contributed by atoms with Gasteiger partial charge >= 0.3 is 0 Å². The van der Waals surface area contributed by atoms with Crippen LogP contribution in [0.4, 0.5) is 5.82 Å². The van der Waals surface area contributed by atoms with Crippen molar-refractivity contribution >= 4 is 11.7 Å². The number of morpholine rings is 1. The highest BCUT2D eigenvalue weighted by Crippen LogP contribution is 2.18. The third-order valence-corrected chi connectivity index (χ3v) is 4.74. The van der Waals surface area contributed by atoms with Gasteiger partial charge in [0.15, 0.2) is 5.69 Å². The van der Waals surface area contributed by atoms with E-state index in [1.165, 1.54) is 0 Å². The monoisotopic (exact) mass is 377 g/mol. The second kappa shape index (κ2) is 8.22. The van der Waals surface area contributed by atoms with E-state index in [0.29, 0.717) is 25.5 Å². The number of para-hydroxylation sites is 1. The molecule has 4 rings (SSSR count). The van der Waals surface area contributed by atoms with Gasteiger partial charge in [-0.15, -0.1) is 0 Å². The van der Waals surface area contributed by atoms with E-state index < -0.39 is 0 Å². The Morgan fingerprint density at radius 1 is 1.14 bits per heavy atom. The Morgan fingerprint density at radius 3 is 2.71 bits per heavy atom. The number of carbonyl (C=O) groups excluding carboxylic acids is 1. The van der Waals surface area contributed by atoms with E-state index >= 15 is 0 Å². The Labute approximate surface area is 164 Å². The Bertz CT molecular complexity index is 948. The lowest BCUT2D eigenvalue weighted by Gasteiger charge is -2.29. The third kappa shape index (κ3) is 3.89. The van der Waals surface area contributed by atoms with Gasteiger partial charge in [-0.25, -0.2) is 9.67 Å². The number of nitrogens with one attached hydrogen (secondary N) is 1. The zero-order chi connectivity index (χ0) is 19.3. The van der Waals surface area contributed by atoms with Crippen LogP contribution >= 0.6 is 0 Å². The first-order valence-corrected chi connectivity index (χ1v) is 9.39. The highest BCUT2D eigenvalue weighted by molar-refractivity contribution is 5.92. The lowest BCUT2D eigenvalue weighted by molar-refractivity contribution is 0.0945. The van der Waals surface area contributed by atoms with Gasteiger partial charge in [-0.2, -0.15) is 5.10 Å². The number of aryl methyl sites for hydroxylation is 1. The molecule has 7 heteroatoms. The van der Waals surface area contributed by atoms with Crippen LogP contribution in [0.25, 0.3) is 5.69 Å². The van der Waals surface area contributed by atoms with E-state index in [9.17, 15) is 4.79 Å². The zero-order valence-corrected chi connectivity index (χ0v) is 15.8. The molecule has 28 heavy (non-hydrogen) atoms. The quantitative estimate of drug-likeness (QED) is 0.739. The molecule has 3 heterocycles. The first kappa shape index (κ1) is 18.2. The fraction of sp³-hybridized carbons (Fsp3) is 0.286. The van der Waals surface area contributed by atoms with Crippen molar-refractivity contribution in [2.75, 3.05) is 31.2 Å². The summed E-state index contributed by atoms with van der Waals surface area (Å²) in [4.78, 5) is 19.4. The van der Waals surface area contributed by atoms with Crippen LogP contribution in [0.3, 0.4) is 0 Å². The van der Waals surface area contributed by atoms with Crippen LogP contribution in [0.15, 0.2) is 54.7 Å². The van der Waals surface area contributed by atoms with Crippen molar-refractivity contribution in [3.05, 3.63) is 71.7 Å². The van der Waals surface area contributed by atoms with Crippen molar-refractivity contribution in [3.8, 4) is 5.69 Å². The molecule has 3 aromatic rings. The molecule has 0 bridgehead atoms. The van der Waals surface area contributed by atoms with Crippen LogP contribution in [-0.4, -0.2) is 47.0 Å². The molecule has 0 unspecified atom stereocenters. The van der Waals surface area contributed by atoms with Crippen molar-refractivity contribution < 1.29 is 9.53 Å². The number of amides is 1. The van der Waals surface area contributed by atoms with E-state index in [0.717, 1.165) is 35.9 Å². The molecule has 1 aliphatic rings. The van der Waals surface area contributed by atoms with Crippen LogP contribution < -0.4 is 10.2 Å². The highest BCUT2D eigenvalue weighted by Gasteiger charge is 2.17. The van der Waals surface area contributed by atoms with Crippen LogP contribution in [0.5, 0.6) is 0 Å². The van der Waals surface area contributed by atoms with Gasteiger partial charge in [0.05, 0.1) is 18.9 Å². The molecule has 0 radical (unpaired) electrons. The molecule has 0 atom stereocenters. The molecule has 1 fully saturated rings. The number of carbonyl (C=O) groups is 1. The largest absolute Gasteiger partial charge is 0.378 e. The van der Waals surface area contributed by atoms with E-state index in [1.807, 2.05) is 49.4 Å². The fourth-order valence-electron chi connectivity index (χ4n) is 3.31. The number of hydrogen-bond donors (Lipinski definition) is 1. The summed E-state index contributed by atoms with van der Waals surface area (Å²) in [6, 6.07) is 15.5. The van der Waals surface area contributed by atoms with Gasteiger partial charge in [0.1, 0.15) is 5.82 Å². The minimum Gasteiger partial charge on any atom is -0.378 e. The van der Waals surface area contributed by atoms with Crippen LogP contribution in [-0.2, 0) is 11.3 Å². The predicted molar refractivity (Wildman–Crippen MR) is 107 cm³/mol. The number of rotatable bonds is 5. The summed E-state index contributed by atoms with van der Waals surface area (Å²) in [5.74, 6) is 0.701. The van der Waals surface area contributed by atoms with Gasteiger partial charge in [-0.3, -0.25) is 4.79 Å². The molecule has 1 saturated heterocycles. The molecule has 2 aromatic heterocycles. The normalized spacial score (nSPS) is 14.1. The fourth-order valence-corrected chi connectivity index (χ4v) is 3.31. The van der Waals surface area contributed by atoms with E-state index in [-0.39, 0.29) is 5.91 Å². The molecule has 0 spiro atoms. The molecule has 0 saturated carbocycles. The SMILES string of the molecule is Cc1cc(C(=O)NCc2cccnc2N2CCOCC2)nn1-c1ccccc1. The van der Waals surface area contributed by atoms with Gasteiger partial charge in [-0.05, 0) is 31.2 Å². The summed E-state index contributed by atoms with van der Waals surface area (Å²) >= 11 is 0. The summed E-state index contributed by atoms with van der Waals surface area (Å²) in [5, 5.41) is 7.44. The molecular formula is C21H23N5O2. The standard InChI is InChI=1S/C21H23N5O2/c1-16-14-19(24-26(16)18-7-3-2-4-8-18)21(27)23-15-17-6-5-9-22-20(17)25-10-12-28-13-11-25/h2-9,14H,10-13,15H2,1H3,(H,23,27). The maximum Gasteiger partial charge on any atom is 0.272 e. The van der Waals surface area contributed by atoms with Gasteiger partial charge < -0.3 is 15.0 Å². The zero-order valence-electron chi connectivity index (χ0n) is 15.8. The second-order valence-electron chi connectivity index (χ2n) is 6.69. The van der Waals surface area contributed by atoms with Crippen LogP contribution in [0.2, 0.25) is 0 Å². The molecule has 1 N–H and O–H groups in total. The average Bonchev–Trinajstić information content (AvgIpc) is 3.15. The lowest BCUT2D eigenvalue weighted by Crippen LogP contribution is -2.37. The summed E-state index contributed by atoms with van der Waals surface area (Å²) in [6.07, 6.45) is 1.78. The number of anilines is 1. The Morgan fingerprint density at radius 2 is 1.93 bits per heavy atom. The predicted octanol–water partition coefficient (Wildman–Crippen LogP) is 2.34. The van der Waals surface area contributed by atoms with Crippen LogP contribution in [0, 0.1) is 6.92 Å². The first-order valence-electron chi connectivity index (χ1n) is 9.39. The smallest absolute Gasteiger partial charge is 0.272 e. The molecule has 0 aliphatic carbocycles.